The van der Waals surface area contributed by atoms with Crippen LogP contribution in [0.15, 0.2) is 28.7 Å². The molecule has 19 heavy (non-hydrogen) atoms. The van der Waals surface area contributed by atoms with E-state index in [0.29, 0.717) is 12.3 Å². The molecule has 1 aromatic carbocycles. The number of hydrogen-bond acceptors (Lipinski definition) is 2. The molecular formula is C15H21BrN2O. The van der Waals surface area contributed by atoms with Gasteiger partial charge in [0.15, 0.2) is 0 Å². The number of carbonyl (C=O) groups excluding carboxylic acids is 1. The average Bonchev–Trinajstić information content (AvgIpc) is 2.40. The van der Waals surface area contributed by atoms with Crippen molar-refractivity contribution in [2.75, 3.05) is 13.1 Å². The third-order valence-corrected chi connectivity index (χ3v) is 4.15. The van der Waals surface area contributed by atoms with Gasteiger partial charge >= 0.3 is 0 Å². The number of halogens is 1. The molecule has 2 rings (SSSR count). The van der Waals surface area contributed by atoms with Crippen molar-refractivity contribution in [2.24, 2.45) is 5.92 Å². The third kappa shape index (κ3) is 4.62. The minimum Gasteiger partial charge on any atom is -0.350 e. The number of hydrogen-bond donors (Lipinski definition) is 2. The molecule has 1 aliphatic rings. The summed E-state index contributed by atoms with van der Waals surface area (Å²) in [5.41, 5.74) is 1.14. The highest BCUT2D eigenvalue weighted by Crippen LogP contribution is 2.18. The average molecular weight is 325 g/mol. The Labute approximate surface area is 123 Å². The van der Waals surface area contributed by atoms with E-state index in [2.05, 4.69) is 26.6 Å². The van der Waals surface area contributed by atoms with Crippen molar-refractivity contribution in [2.45, 2.75) is 32.2 Å². The maximum absolute atomic E-state index is 12.0. The van der Waals surface area contributed by atoms with E-state index in [1.165, 1.54) is 6.42 Å². The third-order valence-electron chi connectivity index (χ3n) is 3.62. The van der Waals surface area contributed by atoms with Gasteiger partial charge in [0.05, 0.1) is 6.04 Å². The van der Waals surface area contributed by atoms with E-state index in [1.807, 2.05) is 31.2 Å². The van der Waals surface area contributed by atoms with Crippen molar-refractivity contribution in [3.05, 3.63) is 34.3 Å². The summed E-state index contributed by atoms with van der Waals surface area (Å²) >= 11 is 3.42. The monoisotopic (exact) mass is 324 g/mol. The van der Waals surface area contributed by atoms with Gasteiger partial charge in [0.25, 0.3) is 0 Å². The van der Waals surface area contributed by atoms with Gasteiger partial charge in [-0.2, -0.15) is 0 Å². The summed E-state index contributed by atoms with van der Waals surface area (Å²) < 4.78 is 1.06. The number of benzene rings is 1. The zero-order chi connectivity index (χ0) is 13.7. The van der Waals surface area contributed by atoms with Gasteiger partial charge in [0.1, 0.15) is 0 Å². The molecular weight excluding hydrogens is 304 g/mol. The zero-order valence-corrected chi connectivity index (χ0v) is 12.9. The van der Waals surface area contributed by atoms with E-state index in [9.17, 15) is 4.79 Å². The molecule has 3 nitrogen and oxygen atoms in total. The summed E-state index contributed by atoms with van der Waals surface area (Å²) in [7, 11) is 0. The quantitative estimate of drug-likeness (QED) is 0.893. The fraction of sp³-hybridized carbons (Fsp3) is 0.533. The lowest BCUT2D eigenvalue weighted by molar-refractivity contribution is -0.122. The molecule has 1 fully saturated rings. The van der Waals surface area contributed by atoms with Crippen LogP contribution < -0.4 is 10.6 Å². The van der Waals surface area contributed by atoms with Crippen LogP contribution in [0.2, 0.25) is 0 Å². The molecule has 1 heterocycles. The summed E-state index contributed by atoms with van der Waals surface area (Å²) in [5, 5.41) is 6.43. The molecule has 104 valence electrons. The van der Waals surface area contributed by atoms with E-state index < -0.39 is 0 Å². The van der Waals surface area contributed by atoms with Crippen LogP contribution in [-0.2, 0) is 4.79 Å². The SMILES string of the molecule is CC(NC(=O)CC1CCCNC1)c1ccc(Br)cc1. The Bertz CT molecular complexity index is 413. The summed E-state index contributed by atoms with van der Waals surface area (Å²) in [6.45, 7) is 4.09. The standard InChI is InChI=1S/C15H21BrN2O/c1-11(13-4-6-14(16)7-5-13)18-15(19)9-12-3-2-8-17-10-12/h4-7,11-12,17H,2-3,8-10H2,1H3,(H,18,19). The maximum atomic E-state index is 12.0. The number of nitrogens with one attached hydrogen (secondary N) is 2. The lowest BCUT2D eigenvalue weighted by atomic mass is 9.95. The predicted octanol–water partition coefficient (Wildman–Crippen LogP) is 3.02. The fourth-order valence-corrected chi connectivity index (χ4v) is 2.76. The van der Waals surface area contributed by atoms with E-state index in [1.54, 1.807) is 0 Å². The van der Waals surface area contributed by atoms with Gasteiger partial charge in [0, 0.05) is 10.9 Å². The Hall–Kier alpha value is -0.870. The fourth-order valence-electron chi connectivity index (χ4n) is 2.50. The molecule has 0 bridgehead atoms. The Morgan fingerprint density at radius 2 is 2.21 bits per heavy atom. The van der Waals surface area contributed by atoms with Crippen LogP contribution in [0.5, 0.6) is 0 Å². The molecule has 0 aromatic heterocycles. The topological polar surface area (TPSA) is 41.1 Å². The number of piperidine rings is 1. The minimum absolute atomic E-state index is 0.0668. The smallest absolute Gasteiger partial charge is 0.220 e. The van der Waals surface area contributed by atoms with E-state index in [4.69, 9.17) is 0 Å². The Morgan fingerprint density at radius 3 is 2.84 bits per heavy atom. The van der Waals surface area contributed by atoms with E-state index in [-0.39, 0.29) is 11.9 Å². The Morgan fingerprint density at radius 1 is 1.47 bits per heavy atom. The predicted molar refractivity (Wildman–Crippen MR) is 80.9 cm³/mol. The minimum atomic E-state index is 0.0668. The summed E-state index contributed by atoms with van der Waals surface area (Å²) in [5.74, 6) is 0.648. The normalized spacial score (nSPS) is 20.8. The molecule has 1 aromatic rings. The van der Waals surface area contributed by atoms with Crippen molar-refractivity contribution >= 4 is 21.8 Å². The van der Waals surface area contributed by atoms with Crippen molar-refractivity contribution in [1.82, 2.24) is 10.6 Å². The molecule has 0 aliphatic carbocycles. The van der Waals surface area contributed by atoms with Crippen LogP contribution in [0.25, 0.3) is 0 Å². The molecule has 0 radical (unpaired) electrons. The van der Waals surface area contributed by atoms with Gasteiger partial charge in [-0.25, -0.2) is 0 Å². The lowest BCUT2D eigenvalue weighted by Gasteiger charge is -2.23. The Kier molecular flexibility index (Phi) is 5.40. The van der Waals surface area contributed by atoms with Crippen LogP contribution >= 0.6 is 15.9 Å². The molecule has 2 N–H and O–H groups in total. The largest absolute Gasteiger partial charge is 0.350 e. The first kappa shape index (κ1) is 14.5. The molecule has 4 heteroatoms. The van der Waals surface area contributed by atoms with E-state index in [0.717, 1.165) is 29.5 Å². The first-order chi connectivity index (χ1) is 9.15. The second-order valence-electron chi connectivity index (χ2n) is 5.26. The summed E-state index contributed by atoms with van der Waals surface area (Å²) in [6.07, 6.45) is 2.97. The van der Waals surface area contributed by atoms with Crippen molar-refractivity contribution in [3.8, 4) is 0 Å². The van der Waals surface area contributed by atoms with Crippen LogP contribution in [0.3, 0.4) is 0 Å². The first-order valence-corrected chi connectivity index (χ1v) is 7.70. The Balaban J connectivity index is 1.82. The van der Waals surface area contributed by atoms with Crippen LogP contribution in [0.4, 0.5) is 0 Å². The van der Waals surface area contributed by atoms with Gasteiger partial charge in [-0.15, -0.1) is 0 Å². The molecule has 1 saturated heterocycles. The highest BCUT2D eigenvalue weighted by molar-refractivity contribution is 9.10. The van der Waals surface area contributed by atoms with Gasteiger partial charge in [0.2, 0.25) is 5.91 Å². The number of amides is 1. The first-order valence-electron chi connectivity index (χ1n) is 6.90. The van der Waals surface area contributed by atoms with Crippen LogP contribution in [-0.4, -0.2) is 19.0 Å². The zero-order valence-electron chi connectivity index (χ0n) is 11.3. The second-order valence-corrected chi connectivity index (χ2v) is 6.17. The highest BCUT2D eigenvalue weighted by Gasteiger charge is 2.18. The molecule has 0 saturated carbocycles. The van der Waals surface area contributed by atoms with Crippen LogP contribution in [0.1, 0.15) is 37.8 Å². The molecule has 1 amide bonds. The molecule has 1 aliphatic heterocycles. The van der Waals surface area contributed by atoms with Gasteiger partial charge in [-0.05, 0) is 56.5 Å². The second kappa shape index (κ2) is 7.06. The number of rotatable bonds is 4. The van der Waals surface area contributed by atoms with Gasteiger partial charge in [-0.3, -0.25) is 4.79 Å². The van der Waals surface area contributed by atoms with Crippen molar-refractivity contribution < 1.29 is 4.79 Å². The van der Waals surface area contributed by atoms with Gasteiger partial charge in [-0.1, -0.05) is 28.1 Å². The van der Waals surface area contributed by atoms with Crippen molar-refractivity contribution in [3.63, 3.8) is 0 Å². The van der Waals surface area contributed by atoms with Gasteiger partial charge < -0.3 is 10.6 Å². The van der Waals surface area contributed by atoms with E-state index >= 15 is 0 Å². The summed E-state index contributed by atoms with van der Waals surface area (Å²) in [6, 6.07) is 8.15. The molecule has 2 unspecified atom stereocenters. The summed E-state index contributed by atoms with van der Waals surface area (Å²) in [4.78, 5) is 12.0. The highest BCUT2D eigenvalue weighted by atomic mass is 79.9. The van der Waals surface area contributed by atoms with Crippen LogP contribution in [0, 0.1) is 5.92 Å². The number of carbonyl (C=O) groups is 1. The molecule has 0 spiro atoms. The van der Waals surface area contributed by atoms with Crippen molar-refractivity contribution in [1.29, 1.82) is 0 Å². The molecule has 2 atom stereocenters. The maximum Gasteiger partial charge on any atom is 0.220 e. The lowest BCUT2D eigenvalue weighted by Crippen LogP contribution is -2.35.